The van der Waals surface area contributed by atoms with Gasteiger partial charge in [0, 0.05) is 5.56 Å². The molecule has 76 valence electrons. The number of phenolic OH excluding ortho intramolecular Hbond substituents is 1. The van der Waals surface area contributed by atoms with Crippen molar-refractivity contribution in [3.8, 4) is 5.75 Å². The van der Waals surface area contributed by atoms with Crippen LogP contribution in [0.2, 0.25) is 0 Å². The van der Waals surface area contributed by atoms with Crippen molar-refractivity contribution >= 4 is 15.9 Å². The Morgan fingerprint density at radius 3 is 2.33 bits per heavy atom. The molecule has 0 atom stereocenters. The number of Topliss-reactive ketones (excluding diaryl/α,β-unsaturated/α-hetero) is 1. The van der Waals surface area contributed by atoms with Crippen molar-refractivity contribution in [2.45, 2.75) is 11.8 Å². The zero-order valence-corrected chi connectivity index (χ0v) is 11.0. The van der Waals surface area contributed by atoms with Gasteiger partial charge in [0.2, 0.25) is 0 Å². The number of ketones is 1. The molecule has 15 heavy (non-hydrogen) atoms. The van der Waals surface area contributed by atoms with E-state index in [1.807, 2.05) is 0 Å². The van der Waals surface area contributed by atoms with E-state index in [9.17, 15) is 17.8 Å². The maximum absolute atomic E-state index is 10.9. The van der Waals surface area contributed by atoms with Crippen LogP contribution in [0.5, 0.6) is 5.75 Å². The summed E-state index contributed by atoms with van der Waals surface area (Å²) in [5.41, 5.74) is 0.0669. The molecule has 7 heteroatoms. The molecule has 0 heterocycles. The molecule has 0 aliphatic carbocycles. The van der Waals surface area contributed by atoms with Crippen molar-refractivity contribution in [2.24, 2.45) is 0 Å². The number of carbonyl (C=O) groups is 1. The average Bonchev–Trinajstić information content (AvgIpc) is 2.02. The number of hydrogen-bond donors (Lipinski definition) is 1. The summed E-state index contributed by atoms with van der Waals surface area (Å²) in [7, 11) is -4.74. The fourth-order valence-corrected chi connectivity index (χ4v) is 1.53. The van der Waals surface area contributed by atoms with Gasteiger partial charge in [-0.05, 0) is 25.1 Å². The Morgan fingerprint density at radius 2 is 1.93 bits per heavy atom. The van der Waals surface area contributed by atoms with Crippen LogP contribution >= 0.6 is 0 Å². The molecule has 0 aromatic heterocycles. The second-order valence-electron chi connectivity index (χ2n) is 2.69. The minimum atomic E-state index is -4.74. The van der Waals surface area contributed by atoms with Crippen molar-refractivity contribution in [1.82, 2.24) is 0 Å². The Kier molecular flexibility index (Phi) is 4.95. The fraction of sp³-hybridized carbons (Fsp3) is 0.125. The van der Waals surface area contributed by atoms with E-state index >= 15 is 0 Å². The van der Waals surface area contributed by atoms with Gasteiger partial charge in [0.1, 0.15) is 15.9 Å². The first kappa shape index (κ1) is 14.6. The monoisotopic (exact) mass is 238 g/mol. The Bertz CT molecular complexity index is 480. The summed E-state index contributed by atoms with van der Waals surface area (Å²) in [4.78, 5) is 10.1. The molecule has 0 saturated carbocycles. The van der Waals surface area contributed by atoms with Gasteiger partial charge in [-0.15, -0.1) is 0 Å². The number of carbonyl (C=O) groups excluding carboxylic acids is 1. The Morgan fingerprint density at radius 1 is 1.40 bits per heavy atom. The van der Waals surface area contributed by atoms with Crippen LogP contribution in [0.1, 0.15) is 17.3 Å². The van der Waals surface area contributed by atoms with E-state index in [0.29, 0.717) is 0 Å². The van der Waals surface area contributed by atoms with Gasteiger partial charge in [0.25, 0.3) is 0 Å². The van der Waals surface area contributed by atoms with E-state index in [4.69, 9.17) is 5.11 Å². The molecule has 1 rings (SSSR count). The molecule has 0 saturated heterocycles. The van der Waals surface area contributed by atoms with Gasteiger partial charge in [0.05, 0.1) is 4.90 Å². The predicted molar refractivity (Wildman–Crippen MR) is 46.1 cm³/mol. The molecule has 0 spiro atoms. The van der Waals surface area contributed by atoms with Gasteiger partial charge >= 0.3 is 29.6 Å². The van der Waals surface area contributed by atoms with Gasteiger partial charge in [-0.25, -0.2) is 8.42 Å². The first-order chi connectivity index (χ1) is 6.32. The molecule has 0 amide bonds. The van der Waals surface area contributed by atoms with Crippen LogP contribution in [0, 0.1) is 0 Å². The minimum Gasteiger partial charge on any atom is -0.744 e. The van der Waals surface area contributed by atoms with Gasteiger partial charge in [-0.2, -0.15) is 0 Å². The summed E-state index contributed by atoms with van der Waals surface area (Å²) in [6, 6.07) is 3.11. The van der Waals surface area contributed by atoms with Crippen molar-refractivity contribution < 1.29 is 52.4 Å². The topological polar surface area (TPSA) is 94.5 Å². The number of rotatable bonds is 2. The van der Waals surface area contributed by atoms with Gasteiger partial charge in [-0.1, -0.05) is 0 Å². The van der Waals surface area contributed by atoms with E-state index in [2.05, 4.69) is 0 Å². The Hall–Kier alpha value is -0.400. The smallest absolute Gasteiger partial charge is 0.744 e. The molecule has 0 unspecified atom stereocenters. The third-order valence-electron chi connectivity index (χ3n) is 1.64. The summed E-state index contributed by atoms with van der Waals surface area (Å²) >= 11 is 0. The van der Waals surface area contributed by atoms with E-state index in [1.54, 1.807) is 0 Å². The molecule has 1 N–H and O–H groups in total. The largest absolute Gasteiger partial charge is 1.00 e. The molecule has 1 aromatic carbocycles. The molecule has 0 fully saturated rings. The number of phenols is 1. The van der Waals surface area contributed by atoms with Gasteiger partial charge in [0.15, 0.2) is 5.78 Å². The molecule has 0 aliphatic heterocycles. The third-order valence-corrected chi connectivity index (χ3v) is 2.50. The Labute approximate surface area is 109 Å². The first-order valence-corrected chi connectivity index (χ1v) is 5.03. The standard InChI is InChI=1S/C8H8O5S.Na/c1-5(9)6-2-3-7(10)8(4-6)14(11,12)13;/h2-4,10H,1H3,(H,11,12,13);/q;+1/p-1. The van der Waals surface area contributed by atoms with Crippen molar-refractivity contribution in [3.05, 3.63) is 23.8 Å². The molecule has 0 aliphatic rings. The molecular formula is C8H7NaO5S. The second kappa shape index (κ2) is 5.09. The van der Waals surface area contributed by atoms with Gasteiger partial charge in [-0.3, -0.25) is 4.79 Å². The van der Waals surface area contributed by atoms with E-state index in [-0.39, 0.29) is 40.9 Å². The Balaban J connectivity index is 0.00000196. The molecule has 1 aromatic rings. The number of hydrogen-bond acceptors (Lipinski definition) is 5. The minimum absolute atomic E-state index is 0. The average molecular weight is 238 g/mol. The van der Waals surface area contributed by atoms with Crippen LogP contribution in [0.4, 0.5) is 0 Å². The summed E-state index contributed by atoms with van der Waals surface area (Å²) in [5.74, 6) is -1.03. The van der Waals surface area contributed by atoms with E-state index < -0.39 is 20.8 Å². The first-order valence-electron chi connectivity index (χ1n) is 3.62. The SMILES string of the molecule is CC(=O)c1ccc(O)c(S(=O)(=O)[O-])c1.[Na+]. The predicted octanol–water partition coefficient (Wildman–Crippen LogP) is -2.50. The van der Waals surface area contributed by atoms with E-state index in [0.717, 1.165) is 12.1 Å². The van der Waals surface area contributed by atoms with E-state index in [1.165, 1.54) is 13.0 Å². The third kappa shape index (κ3) is 3.58. The maximum Gasteiger partial charge on any atom is 1.00 e. The van der Waals surface area contributed by atoms with Gasteiger partial charge < -0.3 is 9.66 Å². The van der Waals surface area contributed by atoms with Crippen LogP contribution in [0.25, 0.3) is 0 Å². The normalized spacial score (nSPS) is 10.5. The number of benzene rings is 1. The molecule has 0 bridgehead atoms. The zero-order valence-electron chi connectivity index (χ0n) is 8.22. The zero-order chi connectivity index (χ0) is 10.9. The van der Waals surface area contributed by atoms with Crippen molar-refractivity contribution in [3.63, 3.8) is 0 Å². The maximum atomic E-state index is 10.9. The van der Waals surface area contributed by atoms with Crippen LogP contribution < -0.4 is 29.6 Å². The van der Waals surface area contributed by atoms with Crippen LogP contribution in [0.15, 0.2) is 23.1 Å². The molecule has 0 radical (unpaired) electrons. The van der Waals surface area contributed by atoms with Crippen molar-refractivity contribution in [1.29, 1.82) is 0 Å². The van der Waals surface area contributed by atoms with Crippen LogP contribution in [0.3, 0.4) is 0 Å². The molecule has 5 nitrogen and oxygen atoms in total. The number of aromatic hydroxyl groups is 1. The second-order valence-corrected chi connectivity index (χ2v) is 4.04. The fourth-order valence-electron chi connectivity index (χ4n) is 0.933. The quantitative estimate of drug-likeness (QED) is 0.349. The van der Waals surface area contributed by atoms with Crippen LogP contribution in [-0.4, -0.2) is 23.9 Å². The summed E-state index contributed by atoms with van der Waals surface area (Å²) in [5, 5.41) is 9.06. The van der Waals surface area contributed by atoms with Crippen LogP contribution in [-0.2, 0) is 10.1 Å². The summed E-state index contributed by atoms with van der Waals surface area (Å²) in [6.07, 6.45) is 0. The summed E-state index contributed by atoms with van der Waals surface area (Å²) in [6.45, 7) is 1.23. The van der Waals surface area contributed by atoms with Crippen molar-refractivity contribution in [2.75, 3.05) is 0 Å². The molecular weight excluding hydrogens is 231 g/mol. The summed E-state index contributed by atoms with van der Waals surface area (Å²) < 4.78 is 31.8.